The van der Waals surface area contributed by atoms with E-state index in [1.807, 2.05) is 29.7 Å². The molecule has 0 saturated carbocycles. The van der Waals surface area contributed by atoms with Crippen LogP contribution < -0.4 is 9.47 Å². The molecular formula is C21H23NO5. The number of fused-ring (bicyclic) bond motifs is 1. The van der Waals surface area contributed by atoms with Gasteiger partial charge in [0.1, 0.15) is 5.75 Å². The van der Waals surface area contributed by atoms with Crippen LogP contribution >= 0.6 is 0 Å². The molecule has 0 unspecified atom stereocenters. The molecule has 0 fully saturated rings. The monoisotopic (exact) mass is 369 g/mol. The zero-order chi connectivity index (χ0) is 19.6. The number of carbonyl (C=O) groups excluding carboxylic acids is 1. The largest absolute Gasteiger partial charge is 0.508 e. The topological polar surface area (TPSA) is 69.9 Å². The maximum absolute atomic E-state index is 12.5. The number of ether oxygens (including phenoxy) is 3. The van der Waals surface area contributed by atoms with Gasteiger partial charge in [0.05, 0.1) is 26.4 Å². The summed E-state index contributed by atoms with van der Waals surface area (Å²) in [5, 5.41) is 10.6. The van der Waals surface area contributed by atoms with Gasteiger partial charge in [-0.25, -0.2) is 4.79 Å². The van der Waals surface area contributed by atoms with Crippen LogP contribution in [0.25, 0.3) is 10.9 Å². The quantitative estimate of drug-likeness (QED) is 0.668. The van der Waals surface area contributed by atoms with E-state index in [1.165, 1.54) is 0 Å². The molecule has 0 spiro atoms. The van der Waals surface area contributed by atoms with Crippen LogP contribution in [-0.4, -0.2) is 36.5 Å². The van der Waals surface area contributed by atoms with Crippen LogP contribution in [0, 0.1) is 6.92 Å². The molecule has 3 rings (SSSR count). The van der Waals surface area contributed by atoms with E-state index in [-0.39, 0.29) is 5.75 Å². The lowest BCUT2D eigenvalue weighted by atomic mass is 10.1. The van der Waals surface area contributed by atoms with Gasteiger partial charge in [-0.1, -0.05) is 6.07 Å². The second-order valence-corrected chi connectivity index (χ2v) is 6.16. The Morgan fingerprint density at radius 2 is 1.81 bits per heavy atom. The minimum absolute atomic E-state index is 0.108. The number of rotatable bonds is 6. The summed E-state index contributed by atoms with van der Waals surface area (Å²) in [6.45, 7) is 4.48. The molecule has 0 radical (unpaired) electrons. The van der Waals surface area contributed by atoms with Gasteiger partial charge in [0.25, 0.3) is 0 Å². The van der Waals surface area contributed by atoms with Crippen molar-refractivity contribution in [2.75, 3.05) is 20.8 Å². The molecule has 6 heteroatoms. The normalized spacial score (nSPS) is 10.8. The Bertz CT molecular complexity index is 990. The van der Waals surface area contributed by atoms with Crippen LogP contribution in [0.2, 0.25) is 0 Å². The Hall–Kier alpha value is -3.15. The first-order valence-corrected chi connectivity index (χ1v) is 8.70. The van der Waals surface area contributed by atoms with Gasteiger partial charge in [-0.3, -0.25) is 0 Å². The van der Waals surface area contributed by atoms with Gasteiger partial charge in [-0.15, -0.1) is 0 Å². The summed E-state index contributed by atoms with van der Waals surface area (Å²) in [6, 6.07) is 10.7. The average molecular weight is 369 g/mol. The number of phenols is 1. The van der Waals surface area contributed by atoms with Crippen LogP contribution in [0.3, 0.4) is 0 Å². The fourth-order valence-electron chi connectivity index (χ4n) is 3.30. The summed E-state index contributed by atoms with van der Waals surface area (Å²) >= 11 is 0. The van der Waals surface area contributed by atoms with Crippen LogP contribution in [-0.2, 0) is 11.3 Å². The summed E-state index contributed by atoms with van der Waals surface area (Å²) in [6.07, 6.45) is 0. The van der Waals surface area contributed by atoms with Gasteiger partial charge in [-0.05, 0) is 49.7 Å². The maximum atomic E-state index is 12.5. The van der Waals surface area contributed by atoms with Crippen molar-refractivity contribution in [2.24, 2.45) is 0 Å². The summed E-state index contributed by atoms with van der Waals surface area (Å²) in [7, 11) is 3.19. The van der Waals surface area contributed by atoms with Crippen LogP contribution in [0.1, 0.15) is 28.5 Å². The number of esters is 1. The zero-order valence-corrected chi connectivity index (χ0v) is 15.9. The number of hydrogen-bond donors (Lipinski definition) is 1. The van der Waals surface area contributed by atoms with Crippen LogP contribution in [0.15, 0.2) is 36.4 Å². The SMILES string of the molecule is CCOC(=O)c1c(C)n(Cc2ccc(OC)c(OC)c2)c2ccc(O)cc12. The van der Waals surface area contributed by atoms with Crippen molar-refractivity contribution in [1.82, 2.24) is 4.57 Å². The molecule has 1 aromatic heterocycles. The van der Waals surface area contributed by atoms with Crippen molar-refractivity contribution in [2.45, 2.75) is 20.4 Å². The van der Waals surface area contributed by atoms with Gasteiger partial charge >= 0.3 is 5.97 Å². The molecule has 1 heterocycles. The van der Waals surface area contributed by atoms with Crippen molar-refractivity contribution in [3.8, 4) is 17.2 Å². The summed E-state index contributed by atoms with van der Waals surface area (Å²) in [5.74, 6) is 1.02. The van der Waals surface area contributed by atoms with Crippen molar-refractivity contribution < 1.29 is 24.1 Å². The van der Waals surface area contributed by atoms with Crippen LogP contribution in [0.4, 0.5) is 0 Å². The average Bonchev–Trinajstić information content (AvgIpc) is 2.92. The highest BCUT2D eigenvalue weighted by atomic mass is 16.5. The van der Waals surface area contributed by atoms with Crippen molar-refractivity contribution in [3.63, 3.8) is 0 Å². The minimum atomic E-state index is -0.392. The van der Waals surface area contributed by atoms with E-state index in [2.05, 4.69) is 0 Å². The van der Waals surface area contributed by atoms with Crippen LogP contribution in [0.5, 0.6) is 17.2 Å². The van der Waals surface area contributed by atoms with Gasteiger partial charge < -0.3 is 23.9 Å². The van der Waals surface area contributed by atoms with Gasteiger partial charge in [0.2, 0.25) is 0 Å². The summed E-state index contributed by atoms with van der Waals surface area (Å²) in [5.41, 5.74) is 3.10. The van der Waals surface area contributed by atoms with E-state index in [1.54, 1.807) is 39.3 Å². The standard InChI is InChI=1S/C21H23NO5/c1-5-27-21(24)20-13(2)22(17-8-7-15(23)11-16(17)20)12-14-6-9-18(25-3)19(10-14)26-4/h6-11,23H,5,12H2,1-4H3. The molecule has 0 bridgehead atoms. The Kier molecular flexibility index (Phi) is 5.26. The van der Waals surface area contributed by atoms with E-state index in [4.69, 9.17) is 14.2 Å². The molecule has 2 aromatic carbocycles. The highest BCUT2D eigenvalue weighted by molar-refractivity contribution is 6.06. The number of hydrogen-bond acceptors (Lipinski definition) is 5. The lowest BCUT2D eigenvalue weighted by molar-refractivity contribution is 0.0527. The molecular weight excluding hydrogens is 346 g/mol. The first kappa shape index (κ1) is 18.6. The number of methoxy groups -OCH3 is 2. The maximum Gasteiger partial charge on any atom is 0.340 e. The Balaban J connectivity index is 2.12. The molecule has 0 aliphatic heterocycles. The smallest absolute Gasteiger partial charge is 0.340 e. The Labute approximate surface area is 157 Å². The van der Waals surface area contributed by atoms with Gasteiger partial charge in [0.15, 0.2) is 11.5 Å². The molecule has 27 heavy (non-hydrogen) atoms. The van der Waals surface area contributed by atoms with Gasteiger partial charge in [0, 0.05) is 23.1 Å². The molecule has 0 atom stereocenters. The fourth-order valence-corrected chi connectivity index (χ4v) is 3.30. The van der Waals surface area contributed by atoms with Crippen molar-refractivity contribution >= 4 is 16.9 Å². The first-order chi connectivity index (χ1) is 13.0. The molecule has 6 nitrogen and oxygen atoms in total. The predicted octanol–water partition coefficient (Wildman–Crippen LogP) is 3.90. The summed E-state index contributed by atoms with van der Waals surface area (Å²) < 4.78 is 17.9. The number of benzene rings is 2. The van der Waals surface area contributed by atoms with E-state index in [9.17, 15) is 9.90 Å². The molecule has 0 aliphatic rings. The van der Waals surface area contributed by atoms with Gasteiger partial charge in [-0.2, -0.15) is 0 Å². The van der Waals surface area contributed by atoms with Crippen molar-refractivity contribution in [1.29, 1.82) is 0 Å². The van der Waals surface area contributed by atoms with E-state index in [0.29, 0.717) is 35.6 Å². The zero-order valence-electron chi connectivity index (χ0n) is 15.9. The lowest BCUT2D eigenvalue weighted by Gasteiger charge is -2.12. The Morgan fingerprint density at radius 1 is 1.07 bits per heavy atom. The molecule has 0 aliphatic carbocycles. The molecule has 3 aromatic rings. The highest BCUT2D eigenvalue weighted by Crippen LogP contribution is 2.32. The third kappa shape index (κ3) is 3.43. The lowest BCUT2D eigenvalue weighted by Crippen LogP contribution is -2.08. The van der Waals surface area contributed by atoms with E-state index >= 15 is 0 Å². The number of carbonyl (C=O) groups is 1. The Morgan fingerprint density at radius 3 is 2.48 bits per heavy atom. The fraction of sp³-hybridized carbons (Fsp3) is 0.286. The predicted molar refractivity (Wildman–Crippen MR) is 103 cm³/mol. The first-order valence-electron chi connectivity index (χ1n) is 8.70. The second-order valence-electron chi connectivity index (χ2n) is 6.16. The second kappa shape index (κ2) is 7.61. The van der Waals surface area contributed by atoms with E-state index in [0.717, 1.165) is 16.8 Å². The number of aromatic nitrogens is 1. The highest BCUT2D eigenvalue weighted by Gasteiger charge is 2.21. The van der Waals surface area contributed by atoms with Crippen molar-refractivity contribution in [3.05, 3.63) is 53.2 Å². The summed E-state index contributed by atoms with van der Waals surface area (Å²) in [4.78, 5) is 12.5. The molecule has 142 valence electrons. The number of aromatic hydroxyl groups is 1. The molecule has 0 saturated heterocycles. The molecule has 1 N–H and O–H groups in total. The number of nitrogens with zero attached hydrogens (tertiary/aromatic N) is 1. The minimum Gasteiger partial charge on any atom is -0.508 e. The third-order valence-electron chi connectivity index (χ3n) is 4.58. The molecule has 0 amide bonds. The van der Waals surface area contributed by atoms with E-state index < -0.39 is 5.97 Å². The third-order valence-corrected chi connectivity index (χ3v) is 4.58. The number of phenolic OH excluding ortho intramolecular Hbond substituents is 1.